The summed E-state index contributed by atoms with van der Waals surface area (Å²) in [7, 11) is -3.31. The molecule has 0 aromatic carbocycles. The van der Waals surface area contributed by atoms with Crippen molar-refractivity contribution < 1.29 is 18.6 Å². The topological polar surface area (TPSA) is 150 Å². The number of fused-ring (bicyclic) bond motifs is 1. The minimum atomic E-state index is -3.31. The van der Waals surface area contributed by atoms with Gasteiger partial charge < -0.3 is 20.8 Å². The average Bonchev–Trinajstić information content (AvgIpc) is 3.38. The summed E-state index contributed by atoms with van der Waals surface area (Å²) in [5.41, 5.74) is 2.12. The van der Waals surface area contributed by atoms with E-state index in [0.29, 0.717) is 40.5 Å². The van der Waals surface area contributed by atoms with Crippen molar-refractivity contribution >= 4 is 43.2 Å². The van der Waals surface area contributed by atoms with E-state index in [9.17, 15) is 18.6 Å². The first-order valence-electron chi connectivity index (χ1n) is 11.7. The average molecular weight is 519 g/mol. The van der Waals surface area contributed by atoms with Crippen molar-refractivity contribution in [2.45, 2.75) is 64.3 Å². The number of aromatic nitrogens is 4. The number of aryl methyl sites for hydroxylation is 3. The van der Waals surface area contributed by atoms with Crippen molar-refractivity contribution in [2.75, 3.05) is 22.6 Å². The highest BCUT2D eigenvalue weighted by Crippen LogP contribution is 2.41. The van der Waals surface area contributed by atoms with Gasteiger partial charge in [-0.2, -0.15) is 4.98 Å². The fourth-order valence-electron chi connectivity index (χ4n) is 4.74. The SMILES string of the molecule is Cc1cc2sc(-c3c(C)nc(NC4CC4)nc3N[C@@]3(O)CC[C@H](CS(C)(=O)=O)[C@H]3O)nc2c(C)n1. The van der Waals surface area contributed by atoms with E-state index in [0.717, 1.165) is 40.7 Å². The van der Waals surface area contributed by atoms with Crippen LogP contribution in [0.3, 0.4) is 0 Å². The summed E-state index contributed by atoms with van der Waals surface area (Å²) in [5, 5.41) is 29.3. The molecule has 0 bridgehead atoms. The van der Waals surface area contributed by atoms with Crippen LogP contribution in [0.1, 0.15) is 42.8 Å². The maximum absolute atomic E-state index is 11.8. The smallest absolute Gasteiger partial charge is 0.225 e. The number of sulfone groups is 1. The zero-order valence-electron chi connectivity index (χ0n) is 20.2. The van der Waals surface area contributed by atoms with Gasteiger partial charge in [0.15, 0.2) is 5.72 Å². The van der Waals surface area contributed by atoms with Gasteiger partial charge in [0.05, 0.1) is 27.4 Å². The molecule has 0 aliphatic heterocycles. The molecule has 3 aromatic rings. The molecule has 2 fully saturated rings. The van der Waals surface area contributed by atoms with Gasteiger partial charge in [-0.25, -0.2) is 18.4 Å². The summed E-state index contributed by atoms with van der Waals surface area (Å²) in [4.78, 5) is 18.7. The molecular formula is C23H30N6O4S2. The first kappa shape index (κ1) is 24.3. The molecule has 0 spiro atoms. The monoisotopic (exact) mass is 518 g/mol. The van der Waals surface area contributed by atoms with E-state index in [4.69, 9.17) is 4.98 Å². The lowest BCUT2D eigenvalue weighted by atomic mass is 10.0. The maximum Gasteiger partial charge on any atom is 0.225 e. The molecule has 3 heterocycles. The number of nitrogens with zero attached hydrogens (tertiary/aromatic N) is 4. The van der Waals surface area contributed by atoms with Crippen LogP contribution < -0.4 is 10.6 Å². The van der Waals surface area contributed by atoms with E-state index >= 15 is 0 Å². The molecule has 188 valence electrons. The van der Waals surface area contributed by atoms with Crippen molar-refractivity contribution in [3.8, 4) is 10.6 Å². The van der Waals surface area contributed by atoms with Gasteiger partial charge in [0.25, 0.3) is 0 Å². The van der Waals surface area contributed by atoms with Crippen molar-refractivity contribution in [3.63, 3.8) is 0 Å². The van der Waals surface area contributed by atoms with E-state index in [1.807, 2.05) is 26.8 Å². The van der Waals surface area contributed by atoms with Gasteiger partial charge in [0.1, 0.15) is 32.3 Å². The molecule has 3 atom stereocenters. The number of anilines is 2. The number of aliphatic hydroxyl groups excluding tert-OH is 1. The number of rotatable bonds is 7. The van der Waals surface area contributed by atoms with E-state index in [2.05, 4.69) is 25.6 Å². The highest BCUT2D eigenvalue weighted by atomic mass is 32.2. The summed E-state index contributed by atoms with van der Waals surface area (Å²) in [6, 6.07) is 2.31. The number of aliphatic hydroxyl groups is 2. The third-order valence-electron chi connectivity index (χ3n) is 6.58. The first-order valence-corrected chi connectivity index (χ1v) is 14.6. The second-order valence-electron chi connectivity index (χ2n) is 9.87. The minimum Gasteiger partial charge on any atom is -0.388 e. The summed E-state index contributed by atoms with van der Waals surface area (Å²) >= 11 is 1.49. The minimum absolute atomic E-state index is 0.185. The Balaban J connectivity index is 1.57. The zero-order valence-corrected chi connectivity index (χ0v) is 21.8. The summed E-state index contributed by atoms with van der Waals surface area (Å²) in [5.74, 6) is 0.0294. The fraction of sp³-hybridized carbons (Fsp3) is 0.565. The van der Waals surface area contributed by atoms with Gasteiger partial charge in [-0.1, -0.05) is 0 Å². The zero-order chi connectivity index (χ0) is 25.1. The van der Waals surface area contributed by atoms with Gasteiger partial charge in [-0.15, -0.1) is 11.3 Å². The molecule has 0 saturated heterocycles. The molecule has 2 aliphatic carbocycles. The standard InChI is InChI=1S/C23H30N6O4S2/c1-11-9-16-18(13(3)24-11)27-21(34-16)17-12(2)25-22(26-15-5-6-15)28-20(17)29-23(31)8-7-14(19(23)30)10-35(4,32)33/h9,14-15,19,30-31H,5-8,10H2,1-4H3,(H2,25,26,28,29)/t14-,19-,23-/m1/s1. The Kier molecular flexibility index (Phi) is 5.98. The second kappa shape index (κ2) is 8.61. The lowest BCUT2D eigenvalue weighted by Crippen LogP contribution is -2.48. The van der Waals surface area contributed by atoms with Crippen LogP contribution in [0.5, 0.6) is 0 Å². The second-order valence-corrected chi connectivity index (χ2v) is 13.1. The third kappa shape index (κ3) is 4.97. The predicted octanol–water partition coefficient (Wildman–Crippen LogP) is 2.56. The number of nitrogens with one attached hydrogen (secondary N) is 2. The van der Waals surface area contributed by atoms with Crippen LogP contribution in [-0.4, -0.2) is 68.4 Å². The summed E-state index contributed by atoms with van der Waals surface area (Å²) in [6.45, 7) is 5.73. The van der Waals surface area contributed by atoms with Gasteiger partial charge in [0, 0.05) is 23.9 Å². The van der Waals surface area contributed by atoms with Crippen LogP contribution in [-0.2, 0) is 9.84 Å². The molecule has 3 aromatic heterocycles. The largest absolute Gasteiger partial charge is 0.388 e. The number of hydrogen-bond donors (Lipinski definition) is 4. The Morgan fingerprint density at radius 1 is 1.11 bits per heavy atom. The number of pyridine rings is 1. The van der Waals surface area contributed by atoms with Crippen molar-refractivity contribution in [2.24, 2.45) is 5.92 Å². The highest BCUT2D eigenvalue weighted by Gasteiger charge is 2.48. The molecule has 12 heteroatoms. The molecule has 0 amide bonds. The third-order valence-corrected chi connectivity index (χ3v) is 8.63. The van der Waals surface area contributed by atoms with E-state index in [1.54, 1.807) is 0 Å². The lowest BCUT2D eigenvalue weighted by Gasteiger charge is -2.31. The van der Waals surface area contributed by atoms with Gasteiger partial charge in [-0.3, -0.25) is 4.98 Å². The molecule has 0 radical (unpaired) electrons. The van der Waals surface area contributed by atoms with Crippen LogP contribution in [0.2, 0.25) is 0 Å². The molecule has 0 unspecified atom stereocenters. The lowest BCUT2D eigenvalue weighted by molar-refractivity contribution is -0.0442. The van der Waals surface area contributed by atoms with E-state index in [-0.39, 0.29) is 12.2 Å². The van der Waals surface area contributed by atoms with Crippen LogP contribution in [0, 0.1) is 26.7 Å². The Labute approximate surface area is 208 Å². The molecular weight excluding hydrogens is 488 g/mol. The van der Waals surface area contributed by atoms with Crippen molar-refractivity contribution in [3.05, 3.63) is 23.1 Å². The summed E-state index contributed by atoms with van der Waals surface area (Å²) in [6.07, 6.45) is 2.51. The normalized spacial score (nSPS) is 24.7. The molecule has 2 saturated carbocycles. The predicted molar refractivity (Wildman–Crippen MR) is 136 cm³/mol. The van der Waals surface area contributed by atoms with Crippen molar-refractivity contribution in [1.29, 1.82) is 0 Å². The molecule has 5 rings (SSSR count). The van der Waals surface area contributed by atoms with Crippen LogP contribution in [0.25, 0.3) is 20.8 Å². The van der Waals surface area contributed by atoms with E-state index < -0.39 is 27.6 Å². The highest BCUT2D eigenvalue weighted by molar-refractivity contribution is 7.90. The van der Waals surface area contributed by atoms with Gasteiger partial charge in [-0.05, 0) is 52.5 Å². The Hall–Kier alpha value is -2.41. The quantitative estimate of drug-likeness (QED) is 0.344. The summed E-state index contributed by atoms with van der Waals surface area (Å²) < 4.78 is 24.6. The van der Waals surface area contributed by atoms with Crippen LogP contribution in [0.15, 0.2) is 6.07 Å². The Bertz CT molecular complexity index is 1400. The molecule has 4 N–H and O–H groups in total. The molecule has 2 aliphatic rings. The fourth-order valence-corrected chi connectivity index (χ4v) is 7.07. The van der Waals surface area contributed by atoms with Crippen molar-refractivity contribution in [1.82, 2.24) is 19.9 Å². The van der Waals surface area contributed by atoms with Gasteiger partial charge >= 0.3 is 0 Å². The maximum atomic E-state index is 11.8. The van der Waals surface area contributed by atoms with Gasteiger partial charge in [0.2, 0.25) is 5.95 Å². The van der Waals surface area contributed by atoms with Crippen LogP contribution >= 0.6 is 11.3 Å². The van der Waals surface area contributed by atoms with E-state index in [1.165, 1.54) is 11.3 Å². The molecule has 10 nitrogen and oxygen atoms in total. The number of thiazole rings is 1. The Morgan fingerprint density at radius 3 is 2.54 bits per heavy atom. The number of hydrogen-bond acceptors (Lipinski definition) is 11. The first-order chi connectivity index (χ1) is 16.4. The van der Waals surface area contributed by atoms with Crippen LogP contribution in [0.4, 0.5) is 11.8 Å². The Morgan fingerprint density at radius 2 is 1.86 bits per heavy atom. The molecule has 35 heavy (non-hydrogen) atoms.